The third kappa shape index (κ3) is 3.33. The Morgan fingerprint density at radius 2 is 2.05 bits per heavy atom. The van der Waals surface area contributed by atoms with Crippen LogP contribution in [0.4, 0.5) is 4.39 Å². The second kappa shape index (κ2) is 5.30. The van der Waals surface area contributed by atoms with Crippen LogP contribution in [0.25, 0.3) is 0 Å². The van der Waals surface area contributed by atoms with Gasteiger partial charge in [0.1, 0.15) is 10.0 Å². The van der Waals surface area contributed by atoms with Crippen LogP contribution in [-0.2, 0) is 10.0 Å². The zero-order valence-electron chi connectivity index (χ0n) is 9.33. The fourth-order valence-electron chi connectivity index (χ4n) is 1.27. The highest BCUT2D eigenvalue weighted by Gasteiger charge is 2.13. The number of hydrogen-bond acceptors (Lipinski definition) is 5. The van der Waals surface area contributed by atoms with Gasteiger partial charge in [0, 0.05) is 4.90 Å². The number of sulfonamides is 1. The van der Waals surface area contributed by atoms with Crippen LogP contribution in [-0.4, -0.2) is 8.42 Å². The number of primary sulfonamides is 1. The monoisotopic (exact) mass is 314 g/mol. The van der Waals surface area contributed by atoms with Crippen molar-refractivity contribution in [1.29, 1.82) is 5.26 Å². The first kappa shape index (κ1) is 14.0. The van der Waals surface area contributed by atoms with E-state index in [9.17, 15) is 12.8 Å². The number of halogens is 1. The number of hydrogen-bond donors (Lipinski definition) is 1. The Balaban J connectivity index is 2.27. The van der Waals surface area contributed by atoms with Gasteiger partial charge in [-0.15, -0.1) is 11.3 Å². The Morgan fingerprint density at radius 1 is 1.32 bits per heavy atom. The van der Waals surface area contributed by atoms with Gasteiger partial charge in [0.2, 0.25) is 10.0 Å². The number of benzene rings is 1. The van der Waals surface area contributed by atoms with Gasteiger partial charge in [0.25, 0.3) is 0 Å². The summed E-state index contributed by atoms with van der Waals surface area (Å²) >= 11 is 2.06. The predicted octanol–water partition coefficient (Wildman–Crippen LogP) is 2.56. The van der Waals surface area contributed by atoms with Crippen molar-refractivity contribution in [3.8, 4) is 6.07 Å². The molecule has 0 aliphatic rings. The molecule has 0 bridgehead atoms. The molecular formula is C11H7FN2O2S3. The first-order valence-electron chi connectivity index (χ1n) is 4.90. The van der Waals surface area contributed by atoms with Crippen LogP contribution in [0.2, 0.25) is 0 Å². The zero-order valence-corrected chi connectivity index (χ0v) is 11.8. The Labute approximate surface area is 117 Å². The number of nitriles is 1. The second-order valence-electron chi connectivity index (χ2n) is 3.48. The Hall–Kier alpha value is -1.40. The van der Waals surface area contributed by atoms with Crippen molar-refractivity contribution in [1.82, 2.24) is 0 Å². The molecule has 0 atom stereocenters. The lowest BCUT2D eigenvalue weighted by Gasteiger charge is -2.00. The topological polar surface area (TPSA) is 83.9 Å². The van der Waals surface area contributed by atoms with E-state index in [0.29, 0.717) is 9.10 Å². The molecule has 0 spiro atoms. The molecule has 0 aliphatic heterocycles. The molecule has 8 heteroatoms. The van der Waals surface area contributed by atoms with E-state index in [1.165, 1.54) is 18.2 Å². The molecule has 1 aromatic heterocycles. The van der Waals surface area contributed by atoms with E-state index < -0.39 is 15.8 Å². The van der Waals surface area contributed by atoms with Gasteiger partial charge in [-0.05, 0) is 30.3 Å². The van der Waals surface area contributed by atoms with Gasteiger partial charge in [-0.25, -0.2) is 17.9 Å². The third-order valence-electron chi connectivity index (χ3n) is 2.11. The minimum absolute atomic E-state index is 0.0315. The average Bonchev–Trinajstić information content (AvgIpc) is 2.80. The minimum Gasteiger partial charge on any atom is -0.224 e. The van der Waals surface area contributed by atoms with Crippen molar-refractivity contribution in [3.05, 3.63) is 41.7 Å². The highest BCUT2D eigenvalue weighted by atomic mass is 32.3. The summed E-state index contributed by atoms with van der Waals surface area (Å²) in [7, 11) is -3.73. The normalized spacial score (nSPS) is 11.2. The summed E-state index contributed by atoms with van der Waals surface area (Å²) in [5.74, 6) is -0.519. The van der Waals surface area contributed by atoms with Crippen LogP contribution in [0.3, 0.4) is 0 Å². The third-order valence-corrected chi connectivity index (χ3v) is 5.82. The summed E-state index contributed by atoms with van der Waals surface area (Å²) in [5.41, 5.74) is 0.234. The summed E-state index contributed by atoms with van der Waals surface area (Å²) in [5, 5.41) is 13.6. The number of nitrogens with zero attached hydrogens (tertiary/aromatic N) is 1. The van der Waals surface area contributed by atoms with Gasteiger partial charge in [-0.2, -0.15) is 5.26 Å². The van der Waals surface area contributed by atoms with E-state index in [1.807, 2.05) is 6.07 Å². The first-order chi connectivity index (χ1) is 8.90. The highest BCUT2D eigenvalue weighted by Crippen LogP contribution is 2.36. The van der Waals surface area contributed by atoms with Crippen molar-refractivity contribution in [2.24, 2.45) is 5.14 Å². The molecule has 0 saturated heterocycles. The molecular weight excluding hydrogens is 307 g/mol. The minimum atomic E-state index is -3.73. The molecule has 19 heavy (non-hydrogen) atoms. The molecule has 1 heterocycles. The average molecular weight is 314 g/mol. The maximum atomic E-state index is 13.7. The van der Waals surface area contributed by atoms with Gasteiger partial charge in [-0.1, -0.05) is 11.8 Å². The van der Waals surface area contributed by atoms with Gasteiger partial charge in [-0.3, -0.25) is 0 Å². The lowest BCUT2D eigenvalue weighted by molar-refractivity contribution is 0.599. The van der Waals surface area contributed by atoms with E-state index in [0.717, 1.165) is 29.2 Å². The summed E-state index contributed by atoms with van der Waals surface area (Å²) in [6.07, 6.45) is 0. The molecule has 0 saturated carbocycles. The Kier molecular flexibility index (Phi) is 3.91. The quantitative estimate of drug-likeness (QED) is 0.943. The lowest BCUT2D eigenvalue weighted by atomic mass is 10.2. The molecule has 0 radical (unpaired) electrons. The number of nitrogens with two attached hydrogens (primary N) is 1. The van der Waals surface area contributed by atoms with Gasteiger partial charge < -0.3 is 0 Å². The van der Waals surface area contributed by atoms with Crippen molar-refractivity contribution in [3.63, 3.8) is 0 Å². The standard InChI is InChI=1S/C11H7FN2O2S3/c12-8-5-7(6-13)1-2-9(8)17-10-3-4-11(18-10)19(14,15)16/h1-5H,(H2,14,15,16). The van der Waals surface area contributed by atoms with Crippen molar-refractivity contribution < 1.29 is 12.8 Å². The Morgan fingerprint density at radius 3 is 2.58 bits per heavy atom. The number of rotatable bonds is 3. The Bertz CT molecular complexity index is 762. The smallest absolute Gasteiger partial charge is 0.224 e. The van der Waals surface area contributed by atoms with E-state index in [2.05, 4.69) is 0 Å². The summed E-state index contributed by atoms with van der Waals surface area (Å²) in [4.78, 5) is 0.321. The molecule has 98 valence electrons. The van der Waals surface area contributed by atoms with E-state index in [-0.39, 0.29) is 9.77 Å². The van der Waals surface area contributed by atoms with E-state index >= 15 is 0 Å². The van der Waals surface area contributed by atoms with Crippen LogP contribution in [0.1, 0.15) is 5.56 Å². The summed E-state index contributed by atoms with van der Waals surface area (Å²) in [6.45, 7) is 0. The van der Waals surface area contributed by atoms with Crippen molar-refractivity contribution in [2.75, 3.05) is 0 Å². The fraction of sp³-hybridized carbons (Fsp3) is 0. The van der Waals surface area contributed by atoms with Crippen molar-refractivity contribution >= 4 is 33.1 Å². The maximum absolute atomic E-state index is 13.7. The van der Waals surface area contributed by atoms with Gasteiger partial charge in [0.15, 0.2) is 0 Å². The molecule has 1 aromatic carbocycles. The fourth-order valence-corrected chi connectivity index (χ4v) is 4.24. The van der Waals surface area contributed by atoms with Crippen LogP contribution in [0, 0.1) is 17.1 Å². The molecule has 2 aromatic rings. The lowest BCUT2D eigenvalue weighted by Crippen LogP contribution is -2.09. The van der Waals surface area contributed by atoms with Crippen molar-refractivity contribution in [2.45, 2.75) is 13.3 Å². The second-order valence-corrected chi connectivity index (χ2v) is 7.69. The van der Waals surface area contributed by atoms with Crippen LogP contribution >= 0.6 is 23.1 Å². The zero-order chi connectivity index (χ0) is 14.0. The van der Waals surface area contributed by atoms with Gasteiger partial charge in [0.05, 0.1) is 15.8 Å². The molecule has 2 rings (SSSR count). The molecule has 2 N–H and O–H groups in total. The van der Waals surface area contributed by atoms with E-state index in [4.69, 9.17) is 10.4 Å². The predicted molar refractivity (Wildman–Crippen MR) is 70.9 cm³/mol. The SMILES string of the molecule is N#Cc1ccc(Sc2ccc(S(N)(=O)=O)s2)c(F)c1. The summed E-state index contributed by atoms with van der Waals surface area (Å²) in [6, 6.07) is 8.90. The van der Waals surface area contributed by atoms with Crippen LogP contribution in [0.5, 0.6) is 0 Å². The maximum Gasteiger partial charge on any atom is 0.247 e. The molecule has 0 fully saturated rings. The first-order valence-corrected chi connectivity index (χ1v) is 8.08. The highest BCUT2D eigenvalue weighted by molar-refractivity contribution is 8.01. The largest absolute Gasteiger partial charge is 0.247 e. The molecule has 4 nitrogen and oxygen atoms in total. The van der Waals surface area contributed by atoms with E-state index in [1.54, 1.807) is 6.07 Å². The molecule has 0 aliphatic carbocycles. The van der Waals surface area contributed by atoms with Gasteiger partial charge >= 0.3 is 0 Å². The number of thiophene rings is 1. The van der Waals surface area contributed by atoms with Crippen LogP contribution in [0.15, 0.2) is 43.6 Å². The molecule has 0 amide bonds. The summed E-state index contributed by atoms with van der Waals surface area (Å²) < 4.78 is 36.5. The molecule has 0 unspecified atom stereocenters. The van der Waals surface area contributed by atoms with Crippen LogP contribution < -0.4 is 5.14 Å².